The Morgan fingerprint density at radius 1 is 1.39 bits per heavy atom. The van der Waals surface area contributed by atoms with E-state index in [-0.39, 0.29) is 6.61 Å². The molecule has 0 aliphatic carbocycles. The van der Waals surface area contributed by atoms with E-state index in [1.807, 2.05) is 18.2 Å². The van der Waals surface area contributed by atoms with Gasteiger partial charge in [-0.15, -0.1) is 0 Å². The summed E-state index contributed by atoms with van der Waals surface area (Å²) in [6.45, 7) is 1.93. The number of aliphatic hydroxyl groups is 1. The molecule has 2 aromatic rings. The Labute approximate surface area is 106 Å². The Bertz CT molecular complexity index is 496. The minimum Gasteiger partial charge on any atom is -0.497 e. The third-order valence-corrected chi connectivity index (χ3v) is 2.79. The summed E-state index contributed by atoms with van der Waals surface area (Å²) >= 11 is 0. The first-order valence-corrected chi connectivity index (χ1v) is 6.17. The van der Waals surface area contributed by atoms with Crippen LogP contribution in [-0.4, -0.2) is 41.9 Å². The second kappa shape index (κ2) is 6.37. The van der Waals surface area contributed by atoms with Crippen molar-refractivity contribution in [3.63, 3.8) is 0 Å². The van der Waals surface area contributed by atoms with Crippen LogP contribution in [0.2, 0.25) is 0 Å². The Balaban J connectivity index is 1.93. The van der Waals surface area contributed by atoms with E-state index in [2.05, 4.69) is 15.3 Å². The van der Waals surface area contributed by atoms with Gasteiger partial charge < -0.3 is 20.1 Å². The summed E-state index contributed by atoms with van der Waals surface area (Å²) in [5.41, 5.74) is 1.96. The number of benzene rings is 1. The lowest BCUT2D eigenvalue weighted by Crippen LogP contribution is -2.19. The minimum absolute atomic E-state index is 0.234. The largest absolute Gasteiger partial charge is 0.497 e. The number of H-pyrrole nitrogens is 1. The van der Waals surface area contributed by atoms with E-state index in [1.54, 1.807) is 7.11 Å². The van der Waals surface area contributed by atoms with Crippen LogP contribution < -0.4 is 10.1 Å². The highest BCUT2D eigenvalue weighted by Gasteiger charge is 2.03. The second-order valence-corrected chi connectivity index (χ2v) is 4.14. The van der Waals surface area contributed by atoms with Crippen molar-refractivity contribution in [1.29, 1.82) is 0 Å². The monoisotopic (exact) mass is 249 g/mol. The van der Waals surface area contributed by atoms with E-state index in [4.69, 9.17) is 9.84 Å². The molecule has 0 bridgehead atoms. The number of nitrogens with zero attached hydrogens (tertiary/aromatic N) is 1. The van der Waals surface area contributed by atoms with Gasteiger partial charge in [0.05, 0.1) is 18.1 Å². The summed E-state index contributed by atoms with van der Waals surface area (Å²) in [5, 5.41) is 11.9. The van der Waals surface area contributed by atoms with Crippen LogP contribution in [0, 0.1) is 0 Å². The van der Waals surface area contributed by atoms with Crippen LogP contribution in [0.5, 0.6) is 5.75 Å². The van der Waals surface area contributed by atoms with E-state index >= 15 is 0 Å². The first-order valence-electron chi connectivity index (χ1n) is 6.17. The standard InChI is InChI=1S/C13H19N3O2/c1-18-10-3-4-11-12(9-10)16-13(15-11)5-7-14-6-2-8-17/h3-4,9,14,17H,2,5-8H2,1H3,(H,15,16). The van der Waals surface area contributed by atoms with Crippen molar-refractivity contribution in [2.45, 2.75) is 12.8 Å². The number of hydrogen-bond donors (Lipinski definition) is 3. The number of aliphatic hydroxyl groups excluding tert-OH is 1. The lowest BCUT2D eigenvalue weighted by atomic mass is 10.3. The molecule has 0 atom stereocenters. The van der Waals surface area contributed by atoms with E-state index in [0.29, 0.717) is 0 Å². The van der Waals surface area contributed by atoms with Crippen LogP contribution in [0.4, 0.5) is 0 Å². The molecular formula is C13H19N3O2. The third kappa shape index (κ3) is 3.21. The number of fused-ring (bicyclic) bond motifs is 1. The highest BCUT2D eigenvalue weighted by atomic mass is 16.5. The van der Waals surface area contributed by atoms with Crippen LogP contribution in [0.1, 0.15) is 12.2 Å². The first kappa shape index (κ1) is 12.9. The molecule has 1 aromatic heterocycles. The number of imidazole rings is 1. The molecule has 0 aliphatic heterocycles. The molecule has 1 heterocycles. The summed E-state index contributed by atoms with van der Waals surface area (Å²) in [6, 6.07) is 5.81. The zero-order chi connectivity index (χ0) is 12.8. The zero-order valence-electron chi connectivity index (χ0n) is 10.6. The first-order chi connectivity index (χ1) is 8.83. The Morgan fingerprint density at radius 2 is 2.28 bits per heavy atom. The molecule has 98 valence electrons. The van der Waals surface area contributed by atoms with Gasteiger partial charge in [0.2, 0.25) is 0 Å². The second-order valence-electron chi connectivity index (χ2n) is 4.14. The molecule has 0 saturated carbocycles. The van der Waals surface area contributed by atoms with E-state index in [0.717, 1.165) is 48.5 Å². The maximum absolute atomic E-state index is 8.66. The van der Waals surface area contributed by atoms with Gasteiger partial charge in [0, 0.05) is 25.6 Å². The number of ether oxygens (including phenoxy) is 1. The van der Waals surface area contributed by atoms with Crippen molar-refractivity contribution in [2.75, 3.05) is 26.8 Å². The Hall–Kier alpha value is -1.59. The van der Waals surface area contributed by atoms with Crippen LogP contribution >= 0.6 is 0 Å². The van der Waals surface area contributed by atoms with Gasteiger partial charge in [-0.1, -0.05) is 0 Å². The summed E-state index contributed by atoms with van der Waals surface area (Å²) < 4.78 is 5.17. The Kier molecular flexibility index (Phi) is 4.55. The topological polar surface area (TPSA) is 70.2 Å². The molecule has 5 heteroatoms. The van der Waals surface area contributed by atoms with E-state index in [1.165, 1.54) is 0 Å². The predicted octanol–water partition coefficient (Wildman–Crippen LogP) is 1.09. The van der Waals surface area contributed by atoms with Gasteiger partial charge >= 0.3 is 0 Å². The van der Waals surface area contributed by atoms with Gasteiger partial charge in [-0.3, -0.25) is 0 Å². The molecule has 0 aliphatic rings. The summed E-state index contributed by atoms with van der Waals surface area (Å²) in [4.78, 5) is 7.79. The van der Waals surface area contributed by atoms with Crippen molar-refractivity contribution in [3.05, 3.63) is 24.0 Å². The normalized spacial score (nSPS) is 11.0. The smallest absolute Gasteiger partial charge is 0.121 e. The lowest BCUT2D eigenvalue weighted by Gasteiger charge is -2.00. The average Bonchev–Trinajstić information content (AvgIpc) is 2.80. The molecule has 0 amide bonds. The molecule has 3 N–H and O–H groups in total. The molecule has 0 unspecified atom stereocenters. The molecule has 2 rings (SSSR count). The maximum atomic E-state index is 8.66. The third-order valence-electron chi connectivity index (χ3n) is 2.79. The van der Waals surface area contributed by atoms with Crippen LogP contribution in [0.25, 0.3) is 11.0 Å². The van der Waals surface area contributed by atoms with Crippen LogP contribution in [0.15, 0.2) is 18.2 Å². The van der Waals surface area contributed by atoms with E-state index < -0.39 is 0 Å². The number of nitrogens with one attached hydrogen (secondary N) is 2. The van der Waals surface area contributed by atoms with Crippen molar-refractivity contribution < 1.29 is 9.84 Å². The number of rotatable bonds is 7. The van der Waals surface area contributed by atoms with Gasteiger partial charge in [-0.25, -0.2) is 4.98 Å². The van der Waals surface area contributed by atoms with Crippen LogP contribution in [0.3, 0.4) is 0 Å². The SMILES string of the molecule is COc1ccc2nc(CCNCCCO)[nH]c2c1. The molecule has 0 radical (unpaired) electrons. The Morgan fingerprint density at radius 3 is 3.06 bits per heavy atom. The van der Waals surface area contributed by atoms with Crippen LogP contribution in [-0.2, 0) is 6.42 Å². The summed E-state index contributed by atoms with van der Waals surface area (Å²) in [6.07, 6.45) is 1.64. The molecule has 0 spiro atoms. The lowest BCUT2D eigenvalue weighted by molar-refractivity contribution is 0.286. The molecule has 0 fully saturated rings. The number of aromatic nitrogens is 2. The molecular weight excluding hydrogens is 230 g/mol. The van der Waals surface area contributed by atoms with Crippen molar-refractivity contribution >= 4 is 11.0 Å². The fourth-order valence-electron chi connectivity index (χ4n) is 1.82. The fourth-order valence-corrected chi connectivity index (χ4v) is 1.82. The predicted molar refractivity (Wildman–Crippen MR) is 70.9 cm³/mol. The van der Waals surface area contributed by atoms with Crippen molar-refractivity contribution in [1.82, 2.24) is 15.3 Å². The van der Waals surface area contributed by atoms with E-state index in [9.17, 15) is 0 Å². The van der Waals surface area contributed by atoms with Gasteiger partial charge in [-0.2, -0.15) is 0 Å². The van der Waals surface area contributed by atoms with Gasteiger partial charge in [0.25, 0.3) is 0 Å². The van der Waals surface area contributed by atoms with Gasteiger partial charge in [0.1, 0.15) is 11.6 Å². The molecule has 5 nitrogen and oxygen atoms in total. The minimum atomic E-state index is 0.234. The van der Waals surface area contributed by atoms with Crippen molar-refractivity contribution in [2.24, 2.45) is 0 Å². The number of methoxy groups -OCH3 is 1. The molecule has 0 saturated heterocycles. The zero-order valence-corrected chi connectivity index (χ0v) is 10.6. The van der Waals surface area contributed by atoms with Gasteiger partial charge in [0.15, 0.2) is 0 Å². The summed E-state index contributed by atoms with van der Waals surface area (Å²) in [5.74, 6) is 1.80. The highest BCUT2D eigenvalue weighted by Crippen LogP contribution is 2.18. The van der Waals surface area contributed by atoms with Crippen molar-refractivity contribution in [3.8, 4) is 5.75 Å². The fraction of sp³-hybridized carbons (Fsp3) is 0.462. The number of hydrogen-bond acceptors (Lipinski definition) is 4. The summed E-state index contributed by atoms with van der Waals surface area (Å²) in [7, 11) is 1.66. The highest BCUT2D eigenvalue weighted by molar-refractivity contribution is 5.76. The van der Waals surface area contributed by atoms with Gasteiger partial charge in [-0.05, 0) is 25.1 Å². The number of aromatic amines is 1. The molecule has 18 heavy (non-hydrogen) atoms. The quantitative estimate of drug-likeness (QED) is 0.642. The maximum Gasteiger partial charge on any atom is 0.121 e. The average molecular weight is 249 g/mol. The molecule has 1 aromatic carbocycles.